The summed E-state index contributed by atoms with van der Waals surface area (Å²) in [5.74, 6) is 0. The zero-order chi connectivity index (χ0) is 11.7. The van der Waals surface area contributed by atoms with E-state index >= 15 is 0 Å². The van der Waals surface area contributed by atoms with Crippen LogP contribution >= 0.6 is 0 Å². The van der Waals surface area contributed by atoms with Crippen molar-refractivity contribution in [3.63, 3.8) is 0 Å². The summed E-state index contributed by atoms with van der Waals surface area (Å²) in [7, 11) is 0. The normalized spacial score (nSPS) is 24.8. The van der Waals surface area contributed by atoms with Gasteiger partial charge in [-0.05, 0) is 36.8 Å². The van der Waals surface area contributed by atoms with Gasteiger partial charge in [0.05, 0.1) is 5.71 Å². The zero-order valence-electron chi connectivity index (χ0n) is 10.2. The predicted octanol–water partition coefficient (Wildman–Crippen LogP) is 3.66. The van der Waals surface area contributed by atoms with E-state index < -0.39 is 0 Å². The fourth-order valence-corrected chi connectivity index (χ4v) is 3.71. The SMILES string of the molecule is O/N=C1/CCc2ccccc2C12CCCCC2. The number of rotatable bonds is 0. The molecule has 1 spiro atoms. The van der Waals surface area contributed by atoms with Crippen LogP contribution in [0.4, 0.5) is 0 Å². The quantitative estimate of drug-likeness (QED) is 0.534. The third kappa shape index (κ3) is 1.58. The molecule has 1 saturated carbocycles. The minimum Gasteiger partial charge on any atom is -0.411 e. The van der Waals surface area contributed by atoms with Crippen LogP contribution in [-0.2, 0) is 11.8 Å². The lowest BCUT2D eigenvalue weighted by Crippen LogP contribution is -2.41. The van der Waals surface area contributed by atoms with Gasteiger partial charge in [0.25, 0.3) is 0 Å². The molecule has 1 aromatic rings. The molecule has 0 radical (unpaired) electrons. The fourth-order valence-electron chi connectivity index (χ4n) is 3.71. The molecule has 2 heteroatoms. The molecule has 1 aromatic carbocycles. The van der Waals surface area contributed by atoms with Gasteiger partial charge in [0.1, 0.15) is 0 Å². The molecule has 0 amide bonds. The summed E-state index contributed by atoms with van der Waals surface area (Å²) in [6, 6.07) is 8.72. The highest BCUT2D eigenvalue weighted by Crippen LogP contribution is 2.45. The Labute approximate surface area is 102 Å². The van der Waals surface area contributed by atoms with Crippen LogP contribution in [0, 0.1) is 0 Å². The summed E-state index contributed by atoms with van der Waals surface area (Å²) in [5, 5.41) is 13.0. The van der Waals surface area contributed by atoms with Crippen molar-refractivity contribution in [2.45, 2.75) is 50.4 Å². The number of benzene rings is 1. The van der Waals surface area contributed by atoms with E-state index in [4.69, 9.17) is 0 Å². The van der Waals surface area contributed by atoms with Crippen LogP contribution in [0.5, 0.6) is 0 Å². The van der Waals surface area contributed by atoms with Crippen LogP contribution in [-0.4, -0.2) is 10.9 Å². The van der Waals surface area contributed by atoms with E-state index in [2.05, 4.69) is 29.4 Å². The molecule has 0 heterocycles. The first-order valence-electron chi connectivity index (χ1n) is 6.67. The number of hydrogen-bond donors (Lipinski definition) is 1. The van der Waals surface area contributed by atoms with E-state index in [1.54, 1.807) is 0 Å². The largest absolute Gasteiger partial charge is 0.411 e. The van der Waals surface area contributed by atoms with Gasteiger partial charge in [-0.3, -0.25) is 0 Å². The van der Waals surface area contributed by atoms with Crippen molar-refractivity contribution in [3.05, 3.63) is 35.4 Å². The Morgan fingerprint density at radius 3 is 2.53 bits per heavy atom. The number of aryl methyl sites for hydroxylation is 1. The maximum atomic E-state index is 9.32. The monoisotopic (exact) mass is 229 g/mol. The van der Waals surface area contributed by atoms with Crippen LogP contribution in [0.15, 0.2) is 29.4 Å². The molecule has 1 fully saturated rings. The molecule has 2 aliphatic carbocycles. The molecule has 1 N–H and O–H groups in total. The Morgan fingerprint density at radius 2 is 1.76 bits per heavy atom. The third-order valence-electron chi connectivity index (χ3n) is 4.54. The van der Waals surface area contributed by atoms with Crippen molar-refractivity contribution < 1.29 is 5.21 Å². The van der Waals surface area contributed by atoms with Crippen LogP contribution < -0.4 is 0 Å². The zero-order valence-corrected chi connectivity index (χ0v) is 10.2. The highest BCUT2D eigenvalue weighted by atomic mass is 16.4. The molecule has 3 rings (SSSR count). The van der Waals surface area contributed by atoms with Crippen molar-refractivity contribution in [3.8, 4) is 0 Å². The summed E-state index contributed by atoms with van der Waals surface area (Å²) in [4.78, 5) is 0. The molecule has 0 unspecified atom stereocenters. The van der Waals surface area contributed by atoms with E-state index in [9.17, 15) is 5.21 Å². The van der Waals surface area contributed by atoms with Crippen molar-refractivity contribution in [2.75, 3.05) is 0 Å². The molecular weight excluding hydrogens is 210 g/mol. The van der Waals surface area contributed by atoms with Gasteiger partial charge in [-0.1, -0.05) is 48.7 Å². The summed E-state index contributed by atoms with van der Waals surface area (Å²) >= 11 is 0. The fraction of sp³-hybridized carbons (Fsp3) is 0.533. The summed E-state index contributed by atoms with van der Waals surface area (Å²) in [6.45, 7) is 0. The number of nitrogens with zero attached hydrogens (tertiary/aromatic N) is 1. The Bertz CT molecular complexity index is 444. The van der Waals surface area contributed by atoms with Crippen molar-refractivity contribution in [1.82, 2.24) is 0 Å². The molecule has 0 aromatic heterocycles. The lowest BCUT2D eigenvalue weighted by molar-refractivity contribution is 0.295. The van der Waals surface area contributed by atoms with Crippen LogP contribution in [0.3, 0.4) is 0 Å². The lowest BCUT2D eigenvalue weighted by Gasteiger charge is -2.42. The predicted molar refractivity (Wildman–Crippen MR) is 68.7 cm³/mol. The second kappa shape index (κ2) is 4.17. The van der Waals surface area contributed by atoms with Crippen molar-refractivity contribution in [2.24, 2.45) is 5.16 Å². The molecule has 2 aliphatic rings. The molecule has 17 heavy (non-hydrogen) atoms. The first-order valence-corrected chi connectivity index (χ1v) is 6.67. The van der Waals surface area contributed by atoms with Gasteiger partial charge in [0, 0.05) is 5.41 Å². The van der Waals surface area contributed by atoms with Gasteiger partial charge in [-0.25, -0.2) is 0 Å². The number of hydrogen-bond acceptors (Lipinski definition) is 2. The van der Waals surface area contributed by atoms with Gasteiger partial charge in [-0.15, -0.1) is 0 Å². The highest BCUT2D eigenvalue weighted by molar-refractivity contribution is 5.96. The molecule has 0 bridgehead atoms. The maximum absolute atomic E-state index is 9.32. The van der Waals surface area contributed by atoms with E-state index in [0.717, 1.165) is 31.4 Å². The minimum atomic E-state index is 0.0574. The standard InChI is InChI=1S/C15H19NO/c17-16-14-9-8-12-6-2-3-7-13(12)15(14)10-4-1-5-11-15/h2-3,6-7,17H,1,4-5,8-11H2/b16-14-. The topological polar surface area (TPSA) is 32.6 Å². The van der Waals surface area contributed by atoms with E-state index in [-0.39, 0.29) is 5.41 Å². The van der Waals surface area contributed by atoms with Gasteiger partial charge >= 0.3 is 0 Å². The summed E-state index contributed by atoms with van der Waals surface area (Å²) < 4.78 is 0. The second-order valence-corrected chi connectivity index (χ2v) is 5.35. The average molecular weight is 229 g/mol. The maximum Gasteiger partial charge on any atom is 0.0679 e. The van der Waals surface area contributed by atoms with Gasteiger partial charge in [0.2, 0.25) is 0 Å². The molecule has 0 aliphatic heterocycles. The highest BCUT2D eigenvalue weighted by Gasteiger charge is 2.42. The van der Waals surface area contributed by atoms with Crippen LogP contribution in [0.1, 0.15) is 49.7 Å². The third-order valence-corrected chi connectivity index (χ3v) is 4.54. The van der Waals surface area contributed by atoms with Crippen LogP contribution in [0.25, 0.3) is 0 Å². The summed E-state index contributed by atoms with van der Waals surface area (Å²) in [5.41, 5.74) is 3.97. The summed E-state index contributed by atoms with van der Waals surface area (Å²) in [6.07, 6.45) is 8.10. The number of fused-ring (bicyclic) bond motifs is 2. The van der Waals surface area contributed by atoms with Gasteiger partial charge in [0.15, 0.2) is 0 Å². The molecule has 0 saturated heterocycles. The first kappa shape index (κ1) is 10.8. The minimum absolute atomic E-state index is 0.0574. The molecule has 90 valence electrons. The molecular formula is C15H19NO. The first-order chi connectivity index (χ1) is 8.37. The second-order valence-electron chi connectivity index (χ2n) is 5.35. The molecule has 2 nitrogen and oxygen atoms in total. The Kier molecular flexibility index (Phi) is 2.65. The van der Waals surface area contributed by atoms with Crippen molar-refractivity contribution in [1.29, 1.82) is 0 Å². The average Bonchev–Trinajstić information content (AvgIpc) is 2.41. The smallest absolute Gasteiger partial charge is 0.0679 e. The Morgan fingerprint density at radius 1 is 1.00 bits per heavy atom. The van der Waals surface area contributed by atoms with E-state index in [0.29, 0.717) is 0 Å². The van der Waals surface area contributed by atoms with Crippen LogP contribution in [0.2, 0.25) is 0 Å². The van der Waals surface area contributed by atoms with E-state index in [1.165, 1.54) is 30.4 Å². The lowest BCUT2D eigenvalue weighted by atomic mass is 9.61. The number of oxime groups is 1. The molecule has 0 atom stereocenters. The van der Waals surface area contributed by atoms with Crippen molar-refractivity contribution >= 4 is 5.71 Å². The Balaban J connectivity index is 2.14. The Hall–Kier alpha value is -1.31. The van der Waals surface area contributed by atoms with E-state index in [1.807, 2.05) is 0 Å². The van der Waals surface area contributed by atoms with Gasteiger partial charge in [-0.2, -0.15) is 0 Å². The van der Waals surface area contributed by atoms with Gasteiger partial charge < -0.3 is 5.21 Å².